The van der Waals surface area contributed by atoms with Crippen molar-refractivity contribution in [2.24, 2.45) is 5.41 Å². The van der Waals surface area contributed by atoms with Gasteiger partial charge in [0, 0.05) is 6.04 Å². The fourth-order valence-electron chi connectivity index (χ4n) is 3.63. The Hall–Kier alpha value is -0.0400. The minimum absolute atomic E-state index is 0.742. The lowest BCUT2D eigenvalue weighted by Crippen LogP contribution is -2.43. The minimum Gasteiger partial charge on any atom is -0.304 e. The highest BCUT2D eigenvalue weighted by molar-refractivity contribution is 4.89. The molecule has 1 atom stereocenters. The number of nitrogens with zero attached hydrogens (tertiary/aromatic N) is 1. The summed E-state index contributed by atoms with van der Waals surface area (Å²) in [5.41, 5.74) is 0.742. The van der Waals surface area contributed by atoms with E-state index in [0.717, 1.165) is 11.5 Å². The lowest BCUT2D eigenvalue weighted by Gasteiger charge is -2.45. The van der Waals surface area contributed by atoms with E-state index in [9.17, 15) is 0 Å². The molecular formula is C14H27N. The first-order valence-corrected chi connectivity index (χ1v) is 6.92. The van der Waals surface area contributed by atoms with Gasteiger partial charge in [-0.25, -0.2) is 0 Å². The molecule has 2 fully saturated rings. The molecule has 1 saturated heterocycles. The van der Waals surface area contributed by atoms with Gasteiger partial charge in [0.25, 0.3) is 0 Å². The molecule has 0 bridgehead atoms. The number of likely N-dealkylation sites (tertiary alicyclic amines) is 1. The van der Waals surface area contributed by atoms with Crippen LogP contribution in [0, 0.1) is 5.41 Å². The molecule has 0 N–H and O–H groups in total. The Bertz CT molecular complexity index is 186. The summed E-state index contributed by atoms with van der Waals surface area (Å²) in [4.78, 5) is 2.55. The summed E-state index contributed by atoms with van der Waals surface area (Å²) in [6.45, 7) is 3.75. The summed E-state index contributed by atoms with van der Waals surface area (Å²) in [6, 6.07) is 0.818. The van der Waals surface area contributed by atoms with Crippen LogP contribution in [0.4, 0.5) is 0 Å². The summed E-state index contributed by atoms with van der Waals surface area (Å²) in [6.07, 6.45) is 13.4. The van der Waals surface area contributed by atoms with E-state index in [1.165, 1.54) is 64.3 Å². The van der Waals surface area contributed by atoms with Crippen LogP contribution < -0.4 is 0 Å². The average molecular weight is 209 g/mol. The van der Waals surface area contributed by atoms with E-state index >= 15 is 0 Å². The van der Waals surface area contributed by atoms with E-state index in [1.807, 2.05) is 0 Å². The van der Waals surface area contributed by atoms with E-state index in [4.69, 9.17) is 0 Å². The lowest BCUT2D eigenvalue weighted by molar-refractivity contribution is 0.0533. The van der Waals surface area contributed by atoms with E-state index in [0.29, 0.717) is 0 Å². The predicted molar refractivity (Wildman–Crippen MR) is 66.1 cm³/mol. The second-order valence-corrected chi connectivity index (χ2v) is 6.05. The molecule has 1 heteroatoms. The maximum Gasteiger partial charge on any atom is 0.00691 e. The Morgan fingerprint density at radius 1 is 0.933 bits per heavy atom. The zero-order valence-electron chi connectivity index (χ0n) is 10.6. The van der Waals surface area contributed by atoms with Crippen LogP contribution >= 0.6 is 0 Å². The van der Waals surface area contributed by atoms with Crippen LogP contribution in [-0.2, 0) is 0 Å². The van der Waals surface area contributed by atoms with Crippen molar-refractivity contribution in [1.82, 2.24) is 4.90 Å². The molecule has 1 unspecified atom stereocenters. The Labute approximate surface area is 95.2 Å². The summed E-state index contributed by atoms with van der Waals surface area (Å²) in [7, 11) is 2.29. The van der Waals surface area contributed by atoms with Crippen LogP contribution in [0.3, 0.4) is 0 Å². The SMILES string of the molecule is CC1CC2(CCCCCCC2)CCN1C. The Balaban J connectivity index is 1.97. The summed E-state index contributed by atoms with van der Waals surface area (Å²) in [5, 5.41) is 0. The zero-order valence-corrected chi connectivity index (χ0v) is 10.6. The molecule has 0 aromatic heterocycles. The highest BCUT2D eigenvalue weighted by atomic mass is 15.1. The molecule has 1 spiro atoms. The molecule has 1 nitrogen and oxygen atoms in total. The van der Waals surface area contributed by atoms with Gasteiger partial charge < -0.3 is 4.90 Å². The van der Waals surface area contributed by atoms with Crippen molar-refractivity contribution in [3.05, 3.63) is 0 Å². The first-order chi connectivity index (χ1) is 7.22. The fourth-order valence-corrected chi connectivity index (χ4v) is 3.63. The first-order valence-electron chi connectivity index (χ1n) is 6.92. The van der Waals surface area contributed by atoms with Crippen LogP contribution in [0.1, 0.15) is 64.7 Å². The largest absolute Gasteiger partial charge is 0.304 e. The average Bonchev–Trinajstić information content (AvgIpc) is 2.18. The van der Waals surface area contributed by atoms with Crippen molar-refractivity contribution >= 4 is 0 Å². The monoisotopic (exact) mass is 209 g/mol. The molecule has 15 heavy (non-hydrogen) atoms. The van der Waals surface area contributed by atoms with Gasteiger partial charge in [-0.05, 0) is 51.6 Å². The van der Waals surface area contributed by atoms with Crippen LogP contribution in [0.2, 0.25) is 0 Å². The van der Waals surface area contributed by atoms with E-state index in [-0.39, 0.29) is 0 Å². The quantitative estimate of drug-likeness (QED) is 0.586. The van der Waals surface area contributed by atoms with Crippen LogP contribution in [0.25, 0.3) is 0 Å². The highest BCUT2D eigenvalue weighted by Crippen LogP contribution is 2.44. The van der Waals surface area contributed by atoms with E-state index in [1.54, 1.807) is 0 Å². The molecule has 1 aliphatic carbocycles. The van der Waals surface area contributed by atoms with Gasteiger partial charge in [0.1, 0.15) is 0 Å². The zero-order chi connectivity index (χ0) is 10.7. The van der Waals surface area contributed by atoms with Gasteiger partial charge in [0.2, 0.25) is 0 Å². The van der Waals surface area contributed by atoms with Crippen LogP contribution in [-0.4, -0.2) is 24.5 Å². The van der Waals surface area contributed by atoms with E-state index in [2.05, 4.69) is 18.9 Å². The van der Waals surface area contributed by atoms with Gasteiger partial charge in [0.15, 0.2) is 0 Å². The second kappa shape index (κ2) is 4.86. The molecule has 0 aromatic carbocycles. The summed E-state index contributed by atoms with van der Waals surface area (Å²) < 4.78 is 0. The molecule has 1 heterocycles. The Kier molecular flexibility index (Phi) is 3.71. The standard InChI is InChI=1S/C14H27N/c1-13-12-14(10-11-15(13)2)8-6-4-3-5-7-9-14/h13H,3-12H2,1-2H3. The van der Waals surface area contributed by atoms with Gasteiger partial charge >= 0.3 is 0 Å². The lowest BCUT2D eigenvalue weighted by atomic mass is 9.68. The maximum atomic E-state index is 2.55. The van der Waals surface area contributed by atoms with Gasteiger partial charge in [-0.3, -0.25) is 0 Å². The number of piperidine rings is 1. The molecule has 1 aliphatic heterocycles. The van der Waals surface area contributed by atoms with Crippen molar-refractivity contribution in [3.63, 3.8) is 0 Å². The van der Waals surface area contributed by atoms with E-state index < -0.39 is 0 Å². The van der Waals surface area contributed by atoms with Gasteiger partial charge in [-0.2, -0.15) is 0 Å². The first kappa shape index (κ1) is 11.4. The summed E-state index contributed by atoms with van der Waals surface area (Å²) in [5.74, 6) is 0. The third-order valence-corrected chi connectivity index (χ3v) is 4.89. The van der Waals surface area contributed by atoms with Crippen LogP contribution in [0.15, 0.2) is 0 Å². The minimum atomic E-state index is 0.742. The normalized spacial score (nSPS) is 33.6. The number of hydrogen-bond acceptors (Lipinski definition) is 1. The van der Waals surface area contributed by atoms with Gasteiger partial charge in [-0.15, -0.1) is 0 Å². The van der Waals surface area contributed by atoms with Crippen molar-refractivity contribution < 1.29 is 0 Å². The Morgan fingerprint density at radius 3 is 2.13 bits per heavy atom. The molecule has 2 aliphatic rings. The van der Waals surface area contributed by atoms with Crippen molar-refractivity contribution in [2.75, 3.05) is 13.6 Å². The predicted octanol–water partition coefficient (Wildman–Crippen LogP) is 3.83. The van der Waals surface area contributed by atoms with Crippen molar-refractivity contribution in [3.8, 4) is 0 Å². The van der Waals surface area contributed by atoms with Crippen LogP contribution in [0.5, 0.6) is 0 Å². The third-order valence-electron chi connectivity index (χ3n) is 4.89. The van der Waals surface area contributed by atoms with Gasteiger partial charge in [0.05, 0.1) is 0 Å². The second-order valence-electron chi connectivity index (χ2n) is 6.05. The molecule has 0 radical (unpaired) electrons. The summed E-state index contributed by atoms with van der Waals surface area (Å²) >= 11 is 0. The molecule has 0 amide bonds. The fraction of sp³-hybridized carbons (Fsp3) is 1.00. The van der Waals surface area contributed by atoms with Crippen molar-refractivity contribution in [1.29, 1.82) is 0 Å². The third kappa shape index (κ3) is 2.75. The molecule has 2 rings (SSSR count). The van der Waals surface area contributed by atoms with Gasteiger partial charge in [-0.1, -0.05) is 32.1 Å². The number of hydrogen-bond donors (Lipinski definition) is 0. The number of rotatable bonds is 0. The molecular weight excluding hydrogens is 182 g/mol. The van der Waals surface area contributed by atoms with Crippen molar-refractivity contribution in [2.45, 2.75) is 70.8 Å². The smallest absolute Gasteiger partial charge is 0.00691 e. The molecule has 1 saturated carbocycles. The topological polar surface area (TPSA) is 3.24 Å². The maximum absolute atomic E-state index is 2.55. The molecule has 88 valence electrons. The highest BCUT2D eigenvalue weighted by Gasteiger charge is 2.36. The molecule has 0 aromatic rings. The Morgan fingerprint density at radius 2 is 1.53 bits per heavy atom.